The zero-order chi connectivity index (χ0) is 14.8. The molecule has 0 bridgehead atoms. The number of aromatic nitrogens is 2. The molecule has 1 amide bonds. The molecular weight excluding hydrogens is 266 g/mol. The van der Waals surface area contributed by atoms with Crippen LogP contribution in [0.4, 0.5) is 5.69 Å². The van der Waals surface area contributed by atoms with Crippen molar-refractivity contribution in [1.82, 2.24) is 10.2 Å². The smallest absolute Gasteiger partial charge is 0.255 e. The number of hydrogen-bond donors (Lipinski definition) is 2. The van der Waals surface area contributed by atoms with Crippen LogP contribution >= 0.6 is 0 Å². The normalized spacial score (nSPS) is 10.6. The van der Waals surface area contributed by atoms with Crippen LogP contribution in [0, 0.1) is 6.92 Å². The molecule has 3 aromatic rings. The molecule has 0 saturated carbocycles. The zero-order valence-electron chi connectivity index (χ0n) is 11.8. The van der Waals surface area contributed by atoms with E-state index < -0.39 is 0 Å². The fourth-order valence-electron chi connectivity index (χ4n) is 2.18. The van der Waals surface area contributed by atoms with E-state index in [9.17, 15) is 4.79 Å². The van der Waals surface area contributed by atoms with Gasteiger partial charge >= 0.3 is 0 Å². The number of nitrogens with zero attached hydrogens (tertiary/aromatic N) is 1. The van der Waals surface area contributed by atoms with E-state index in [-0.39, 0.29) is 5.91 Å². The van der Waals surface area contributed by atoms with Gasteiger partial charge in [-0.05, 0) is 42.8 Å². The fraction of sp³-hybridized carbons (Fsp3) is 0.125. The molecule has 0 saturated heterocycles. The van der Waals surface area contributed by atoms with E-state index in [2.05, 4.69) is 15.5 Å². The highest BCUT2D eigenvalue weighted by atomic mass is 16.5. The van der Waals surface area contributed by atoms with Crippen LogP contribution in [0.3, 0.4) is 0 Å². The number of ether oxygens (including phenoxy) is 1. The molecule has 0 spiro atoms. The van der Waals surface area contributed by atoms with E-state index in [1.807, 2.05) is 31.2 Å². The summed E-state index contributed by atoms with van der Waals surface area (Å²) in [6.07, 6.45) is 1.73. The molecule has 1 aromatic heterocycles. The number of aromatic amines is 1. The molecule has 0 aliphatic rings. The molecule has 0 aliphatic carbocycles. The molecule has 5 heteroatoms. The molecule has 0 atom stereocenters. The number of benzene rings is 2. The molecule has 5 nitrogen and oxygen atoms in total. The van der Waals surface area contributed by atoms with Crippen LogP contribution < -0.4 is 10.1 Å². The summed E-state index contributed by atoms with van der Waals surface area (Å²) in [5.74, 6) is 0.615. The van der Waals surface area contributed by atoms with Gasteiger partial charge in [-0.1, -0.05) is 6.07 Å². The number of fused-ring (bicyclic) bond motifs is 1. The molecule has 2 aromatic carbocycles. The quantitative estimate of drug-likeness (QED) is 0.775. The number of amides is 1. The second-order valence-electron chi connectivity index (χ2n) is 4.81. The lowest BCUT2D eigenvalue weighted by Gasteiger charge is -2.10. The van der Waals surface area contributed by atoms with Gasteiger partial charge < -0.3 is 10.1 Å². The van der Waals surface area contributed by atoms with Crippen LogP contribution in [0.15, 0.2) is 42.6 Å². The van der Waals surface area contributed by atoms with Gasteiger partial charge in [0.15, 0.2) is 0 Å². The molecule has 0 aliphatic heterocycles. The highest BCUT2D eigenvalue weighted by molar-refractivity contribution is 6.06. The number of carbonyl (C=O) groups excluding carboxylic acids is 1. The van der Waals surface area contributed by atoms with Crippen molar-refractivity contribution in [2.75, 3.05) is 12.4 Å². The van der Waals surface area contributed by atoms with Crippen LogP contribution in [0.1, 0.15) is 15.9 Å². The fourth-order valence-corrected chi connectivity index (χ4v) is 2.18. The Hall–Kier alpha value is -2.82. The van der Waals surface area contributed by atoms with Crippen molar-refractivity contribution in [2.45, 2.75) is 6.92 Å². The Balaban J connectivity index is 1.85. The number of anilines is 1. The molecule has 106 valence electrons. The largest absolute Gasteiger partial charge is 0.497 e. The van der Waals surface area contributed by atoms with Gasteiger partial charge in [-0.3, -0.25) is 9.89 Å². The number of hydrogen-bond acceptors (Lipinski definition) is 3. The van der Waals surface area contributed by atoms with Gasteiger partial charge in [0.25, 0.3) is 5.91 Å². The van der Waals surface area contributed by atoms with Gasteiger partial charge in [0.1, 0.15) is 5.75 Å². The van der Waals surface area contributed by atoms with Crippen molar-refractivity contribution < 1.29 is 9.53 Å². The number of rotatable bonds is 3. The van der Waals surface area contributed by atoms with Crippen LogP contribution in [-0.2, 0) is 0 Å². The maximum absolute atomic E-state index is 12.3. The van der Waals surface area contributed by atoms with Gasteiger partial charge in [0.05, 0.1) is 18.8 Å². The molecule has 0 radical (unpaired) electrons. The lowest BCUT2D eigenvalue weighted by molar-refractivity contribution is 0.102. The number of nitrogens with one attached hydrogen (secondary N) is 2. The van der Waals surface area contributed by atoms with E-state index >= 15 is 0 Å². The third-order valence-electron chi connectivity index (χ3n) is 3.39. The molecule has 1 heterocycles. The first kappa shape index (κ1) is 13.2. The Labute approximate surface area is 121 Å². The highest BCUT2D eigenvalue weighted by Crippen LogP contribution is 2.22. The third kappa shape index (κ3) is 2.58. The van der Waals surface area contributed by atoms with Crippen LogP contribution in [-0.4, -0.2) is 23.2 Å². The van der Waals surface area contributed by atoms with E-state index in [1.54, 1.807) is 25.4 Å². The number of methoxy groups -OCH3 is 1. The second-order valence-corrected chi connectivity index (χ2v) is 4.81. The van der Waals surface area contributed by atoms with Gasteiger partial charge in [0.2, 0.25) is 0 Å². The van der Waals surface area contributed by atoms with Crippen molar-refractivity contribution in [3.63, 3.8) is 0 Å². The van der Waals surface area contributed by atoms with Crippen molar-refractivity contribution in [3.05, 3.63) is 53.7 Å². The molecule has 0 fully saturated rings. The lowest BCUT2D eigenvalue weighted by atomic mass is 10.1. The van der Waals surface area contributed by atoms with Gasteiger partial charge in [-0.15, -0.1) is 0 Å². The van der Waals surface area contributed by atoms with Crippen LogP contribution in [0.25, 0.3) is 10.9 Å². The molecule has 2 N–H and O–H groups in total. The Morgan fingerprint density at radius 3 is 2.86 bits per heavy atom. The lowest BCUT2D eigenvalue weighted by Crippen LogP contribution is -2.12. The van der Waals surface area contributed by atoms with Crippen molar-refractivity contribution >= 4 is 22.5 Å². The van der Waals surface area contributed by atoms with Gasteiger partial charge in [0, 0.05) is 16.6 Å². The van der Waals surface area contributed by atoms with Crippen LogP contribution in [0.5, 0.6) is 5.75 Å². The third-order valence-corrected chi connectivity index (χ3v) is 3.39. The first-order valence-corrected chi connectivity index (χ1v) is 6.56. The Morgan fingerprint density at radius 1 is 1.24 bits per heavy atom. The van der Waals surface area contributed by atoms with Gasteiger partial charge in [-0.2, -0.15) is 5.10 Å². The van der Waals surface area contributed by atoms with Crippen molar-refractivity contribution in [3.8, 4) is 5.75 Å². The number of H-pyrrole nitrogens is 1. The average molecular weight is 281 g/mol. The summed E-state index contributed by atoms with van der Waals surface area (Å²) in [4.78, 5) is 12.3. The van der Waals surface area contributed by atoms with Crippen molar-refractivity contribution in [2.24, 2.45) is 0 Å². The topological polar surface area (TPSA) is 67.0 Å². The Kier molecular flexibility index (Phi) is 3.31. The maximum atomic E-state index is 12.3. The summed E-state index contributed by atoms with van der Waals surface area (Å²) >= 11 is 0. The Bertz CT molecular complexity index is 808. The first-order chi connectivity index (χ1) is 10.2. The summed E-state index contributed by atoms with van der Waals surface area (Å²) in [5, 5.41) is 10.7. The minimum absolute atomic E-state index is 0.153. The summed E-state index contributed by atoms with van der Waals surface area (Å²) < 4.78 is 5.16. The predicted molar refractivity (Wildman–Crippen MR) is 81.8 cm³/mol. The molecule has 21 heavy (non-hydrogen) atoms. The highest BCUT2D eigenvalue weighted by Gasteiger charge is 2.09. The first-order valence-electron chi connectivity index (χ1n) is 6.56. The Morgan fingerprint density at radius 2 is 2.10 bits per heavy atom. The van der Waals surface area contributed by atoms with E-state index in [0.717, 1.165) is 27.9 Å². The summed E-state index contributed by atoms with van der Waals surface area (Å²) in [6, 6.07) is 11.0. The molecular formula is C16H15N3O2. The molecule has 0 unspecified atom stereocenters. The maximum Gasteiger partial charge on any atom is 0.255 e. The second kappa shape index (κ2) is 5.28. The average Bonchev–Trinajstić information content (AvgIpc) is 2.96. The van der Waals surface area contributed by atoms with E-state index in [1.165, 1.54) is 0 Å². The monoisotopic (exact) mass is 281 g/mol. The standard InChI is InChI=1S/C16H15N3O2/c1-10-7-13(21-2)5-6-14(10)18-16(20)11-3-4-12-9-17-19-15(12)8-11/h3-9H,1-2H3,(H,17,19)(H,18,20). The van der Waals surface area contributed by atoms with E-state index in [0.29, 0.717) is 5.56 Å². The summed E-state index contributed by atoms with van der Waals surface area (Å²) in [7, 11) is 1.62. The van der Waals surface area contributed by atoms with Crippen LogP contribution in [0.2, 0.25) is 0 Å². The van der Waals surface area contributed by atoms with Gasteiger partial charge in [-0.25, -0.2) is 0 Å². The summed E-state index contributed by atoms with van der Waals surface area (Å²) in [5.41, 5.74) is 3.15. The minimum atomic E-state index is -0.153. The van der Waals surface area contributed by atoms with Crippen molar-refractivity contribution in [1.29, 1.82) is 0 Å². The predicted octanol–water partition coefficient (Wildman–Crippen LogP) is 3.13. The molecule has 3 rings (SSSR count). The number of aryl methyl sites for hydroxylation is 1. The number of carbonyl (C=O) groups is 1. The minimum Gasteiger partial charge on any atom is -0.497 e. The zero-order valence-corrected chi connectivity index (χ0v) is 11.8. The summed E-state index contributed by atoms with van der Waals surface area (Å²) in [6.45, 7) is 1.93. The SMILES string of the molecule is COc1ccc(NC(=O)c2ccc3cn[nH]c3c2)c(C)c1. The van der Waals surface area contributed by atoms with E-state index in [4.69, 9.17) is 4.74 Å².